The zero-order chi connectivity index (χ0) is 14.5. The Morgan fingerprint density at radius 2 is 1.90 bits per heavy atom. The van der Waals surface area contributed by atoms with Crippen molar-refractivity contribution in [3.63, 3.8) is 0 Å². The van der Waals surface area contributed by atoms with Crippen LogP contribution in [0, 0.1) is 0 Å². The van der Waals surface area contributed by atoms with Gasteiger partial charge in [0.1, 0.15) is 5.75 Å². The molecule has 1 aromatic heterocycles. The summed E-state index contributed by atoms with van der Waals surface area (Å²) in [6, 6.07) is 8.09. The fourth-order valence-electron chi connectivity index (χ4n) is 2.09. The number of nitrogens with zero attached hydrogens (tertiary/aromatic N) is 3. The number of imidazole rings is 1. The highest BCUT2D eigenvalue weighted by molar-refractivity contribution is 5.31. The minimum Gasteiger partial charge on any atom is -0.497 e. The molecule has 0 aliphatic heterocycles. The van der Waals surface area contributed by atoms with Crippen molar-refractivity contribution in [3.8, 4) is 5.75 Å². The number of hydrogen-bond acceptors (Lipinski definition) is 4. The largest absolute Gasteiger partial charge is 0.497 e. The van der Waals surface area contributed by atoms with Crippen molar-refractivity contribution in [2.75, 3.05) is 26.1 Å². The summed E-state index contributed by atoms with van der Waals surface area (Å²) in [5.74, 6) is 1.85. The Kier molecular flexibility index (Phi) is 4.63. The number of rotatable bonds is 6. The number of methoxy groups -OCH3 is 1. The van der Waals surface area contributed by atoms with Crippen LogP contribution in [0.4, 0.5) is 5.95 Å². The summed E-state index contributed by atoms with van der Waals surface area (Å²) in [7, 11) is 7.71. The number of anilines is 1. The summed E-state index contributed by atoms with van der Waals surface area (Å²) in [4.78, 5) is 6.40. The Morgan fingerprint density at radius 3 is 2.45 bits per heavy atom. The highest BCUT2D eigenvalue weighted by atomic mass is 16.5. The third-order valence-electron chi connectivity index (χ3n) is 3.25. The first-order valence-electron chi connectivity index (χ1n) is 6.63. The highest BCUT2D eigenvalue weighted by Gasteiger charge is 2.07. The van der Waals surface area contributed by atoms with E-state index in [-0.39, 0.29) is 0 Å². The van der Waals surface area contributed by atoms with E-state index >= 15 is 0 Å². The minimum atomic E-state index is 0.795. The van der Waals surface area contributed by atoms with Crippen molar-refractivity contribution >= 4 is 5.95 Å². The van der Waals surface area contributed by atoms with Crippen molar-refractivity contribution in [3.05, 3.63) is 41.7 Å². The predicted molar refractivity (Wildman–Crippen MR) is 81.1 cm³/mol. The van der Waals surface area contributed by atoms with Gasteiger partial charge in [-0.15, -0.1) is 0 Å². The summed E-state index contributed by atoms with van der Waals surface area (Å²) >= 11 is 0. The van der Waals surface area contributed by atoms with Crippen LogP contribution in [0.2, 0.25) is 0 Å². The lowest BCUT2D eigenvalue weighted by molar-refractivity contribution is 0.414. The smallest absolute Gasteiger partial charge is 0.204 e. The quantitative estimate of drug-likeness (QED) is 0.872. The van der Waals surface area contributed by atoms with E-state index in [1.165, 1.54) is 11.3 Å². The molecular weight excluding hydrogens is 252 g/mol. The second-order valence-electron chi connectivity index (χ2n) is 4.95. The summed E-state index contributed by atoms with van der Waals surface area (Å²) in [6.07, 6.45) is 1.91. The normalized spacial score (nSPS) is 10.6. The summed E-state index contributed by atoms with van der Waals surface area (Å²) < 4.78 is 7.25. The molecule has 0 fully saturated rings. The van der Waals surface area contributed by atoms with Crippen molar-refractivity contribution in [1.29, 1.82) is 0 Å². The summed E-state index contributed by atoms with van der Waals surface area (Å²) in [6.45, 7) is 1.62. The zero-order valence-corrected chi connectivity index (χ0v) is 12.6. The maximum absolute atomic E-state index is 5.15. The zero-order valence-electron chi connectivity index (χ0n) is 12.6. The molecule has 0 saturated heterocycles. The summed E-state index contributed by atoms with van der Waals surface area (Å²) in [5.41, 5.74) is 2.41. The van der Waals surface area contributed by atoms with E-state index in [2.05, 4.69) is 27.0 Å². The topological polar surface area (TPSA) is 42.3 Å². The van der Waals surface area contributed by atoms with Gasteiger partial charge >= 0.3 is 0 Å². The Balaban J connectivity index is 1.89. The number of nitrogens with one attached hydrogen (secondary N) is 1. The van der Waals surface area contributed by atoms with E-state index in [0.29, 0.717) is 0 Å². The van der Waals surface area contributed by atoms with Crippen LogP contribution in [-0.2, 0) is 20.1 Å². The lowest BCUT2D eigenvalue weighted by Crippen LogP contribution is -2.18. The Bertz CT molecular complexity index is 546. The molecule has 0 spiro atoms. The number of benzene rings is 1. The standard InChI is InChI=1S/C15H22N4O/c1-18(2)15-17-11-13(19(15)3)10-16-9-12-5-7-14(20-4)8-6-12/h5-8,11,16H,9-10H2,1-4H3. The lowest BCUT2D eigenvalue weighted by Gasteiger charge is -2.13. The van der Waals surface area contributed by atoms with Crippen molar-refractivity contribution in [2.45, 2.75) is 13.1 Å². The molecule has 0 aliphatic carbocycles. The molecule has 5 heteroatoms. The maximum atomic E-state index is 5.15. The molecule has 108 valence electrons. The Hall–Kier alpha value is -2.01. The minimum absolute atomic E-state index is 0.795. The molecule has 1 aromatic carbocycles. The molecule has 5 nitrogen and oxygen atoms in total. The average molecular weight is 274 g/mol. The molecular formula is C15H22N4O. The van der Waals surface area contributed by atoms with Crippen LogP contribution in [0.3, 0.4) is 0 Å². The van der Waals surface area contributed by atoms with E-state index in [1.807, 2.05) is 44.4 Å². The van der Waals surface area contributed by atoms with E-state index in [4.69, 9.17) is 4.74 Å². The van der Waals surface area contributed by atoms with Gasteiger partial charge in [-0.05, 0) is 17.7 Å². The first-order chi connectivity index (χ1) is 9.61. The van der Waals surface area contributed by atoms with Crippen LogP contribution < -0.4 is 15.0 Å². The number of ether oxygens (including phenoxy) is 1. The van der Waals surface area contributed by atoms with Crippen LogP contribution >= 0.6 is 0 Å². The van der Waals surface area contributed by atoms with Crippen LogP contribution in [0.5, 0.6) is 5.75 Å². The van der Waals surface area contributed by atoms with Crippen LogP contribution in [0.15, 0.2) is 30.5 Å². The maximum Gasteiger partial charge on any atom is 0.204 e. The van der Waals surface area contributed by atoms with Crippen molar-refractivity contribution in [1.82, 2.24) is 14.9 Å². The molecule has 1 heterocycles. The van der Waals surface area contributed by atoms with Gasteiger partial charge < -0.3 is 19.5 Å². The van der Waals surface area contributed by atoms with Gasteiger partial charge in [-0.25, -0.2) is 4.98 Å². The second kappa shape index (κ2) is 6.43. The Labute approximate surface area is 120 Å². The first-order valence-corrected chi connectivity index (χ1v) is 6.63. The van der Waals surface area contributed by atoms with Crippen LogP contribution in [0.1, 0.15) is 11.3 Å². The Morgan fingerprint density at radius 1 is 1.20 bits per heavy atom. The monoisotopic (exact) mass is 274 g/mol. The van der Waals surface area contributed by atoms with Gasteiger partial charge in [0.05, 0.1) is 19.0 Å². The molecule has 0 bridgehead atoms. The van der Waals surface area contributed by atoms with Gasteiger partial charge in [0.2, 0.25) is 5.95 Å². The fourth-order valence-corrected chi connectivity index (χ4v) is 2.09. The predicted octanol–water partition coefficient (Wildman–Crippen LogP) is 1.78. The van der Waals surface area contributed by atoms with Gasteiger partial charge in [-0.2, -0.15) is 0 Å². The fraction of sp³-hybridized carbons (Fsp3) is 0.400. The summed E-state index contributed by atoms with van der Waals surface area (Å²) in [5, 5.41) is 3.43. The van der Waals surface area contributed by atoms with Crippen LogP contribution in [0.25, 0.3) is 0 Å². The molecule has 0 radical (unpaired) electrons. The molecule has 2 aromatic rings. The molecule has 0 saturated carbocycles. The second-order valence-corrected chi connectivity index (χ2v) is 4.95. The van der Waals surface area contributed by atoms with Gasteiger partial charge in [-0.3, -0.25) is 0 Å². The van der Waals surface area contributed by atoms with Gasteiger partial charge in [0.25, 0.3) is 0 Å². The molecule has 0 atom stereocenters. The molecule has 2 rings (SSSR count). The third kappa shape index (κ3) is 3.30. The SMILES string of the molecule is COc1ccc(CNCc2cnc(N(C)C)n2C)cc1. The van der Waals surface area contributed by atoms with Gasteiger partial charge in [0, 0.05) is 34.2 Å². The molecule has 0 aliphatic rings. The van der Waals surface area contributed by atoms with E-state index in [9.17, 15) is 0 Å². The van der Waals surface area contributed by atoms with E-state index in [0.717, 1.165) is 24.8 Å². The number of hydrogen-bond donors (Lipinski definition) is 1. The molecule has 1 N–H and O–H groups in total. The van der Waals surface area contributed by atoms with Crippen molar-refractivity contribution in [2.24, 2.45) is 7.05 Å². The van der Waals surface area contributed by atoms with Crippen LogP contribution in [-0.4, -0.2) is 30.8 Å². The van der Waals surface area contributed by atoms with Gasteiger partial charge in [0.15, 0.2) is 0 Å². The van der Waals surface area contributed by atoms with E-state index in [1.54, 1.807) is 7.11 Å². The highest BCUT2D eigenvalue weighted by Crippen LogP contribution is 2.12. The van der Waals surface area contributed by atoms with Gasteiger partial charge in [-0.1, -0.05) is 12.1 Å². The molecule has 0 unspecified atom stereocenters. The lowest BCUT2D eigenvalue weighted by atomic mass is 10.2. The third-order valence-corrected chi connectivity index (χ3v) is 3.25. The first kappa shape index (κ1) is 14.4. The molecule has 0 amide bonds. The van der Waals surface area contributed by atoms with Crippen molar-refractivity contribution < 1.29 is 4.74 Å². The number of aromatic nitrogens is 2. The van der Waals surface area contributed by atoms with E-state index < -0.39 is 0 Å². The molecule has 20 heavy (non-hydrogen) atoms. The average Bonchev–Trinajstić information content (AvgIpc) is 2.81.